The maximum Gasteiger partial charge on any atom is 0.265 e. The molecule has 1 aliphatic heterocycles. The molecule has 0 spiro atoms. The number of rotatable bonds is 3. The lowest BCUT2D eigenvalue weighted by molar-refractivity contribution is -0.121. The number of carbonyl (C=O) groups is 1. The lowest BCUT2D eigenvalue weighted by Gasteiger charge is -2.30. The van der Waals surface area contributed by atoms with Gasteiger partial charge in [0.1, 0.15) is 12.3 Å². The summed E-state index contributed by atoms with van der Waals surface area (Å²) in [4.78, 5) is 18.6. The fourth-order valence-electron chi connectivity index (χ4n) is 3.01. The number of nitrogens with zero attached hydrogens (tertiary/aromatic N) is 3. The molecule has 6 nitrogen and oxygen atoms in total. The molecule has 0 unspecified atom stereocenters. The van der Waals surface area contributed by atoms with Crippen molar-refractivity contribution in [2.45, 2.75) is 32.7 Å². The molecule has 0 fully saturated rings. The number of ether oxygens (including phenoxy) is 1. The largest absolute Gasteiger partial charge is 0.482 e. The minimum atomic E-state index is -0.148. The van der Waals surface area contributed by atoms with Gasteiger partial charge in [-0.25, -0.2) is 0 Å². The summed E-state index contributed by atoms with van der Waals surface area (Å²) >= 11 is 5.92. The van der Waals surface area contributed by atoms with Crippen molar-refractivity contribution in [1.29, 1.82) is 0 Å². The smallest absolute Gasteiger partial charge is 0.265 e. The second-order valence-corrected chi connectivity index (χ2v) is 8.16. The molecule has 2 aromatic carbocycles. The fourth-order valence-corrected chi connectivity index (χ4v) is 3.14. The first-order valence-corrected chi connectivity index (χ1v) is 9.35. The molecule has 0 N–H and O–H groups in total. The van der Waals surface area contributed by atoms with Crippen LogP contribution < -0.4 is 9.64 Å². The zero-order chi connectivity index (χ0) is 19.9. The lowest BCUT2D eigenvalue weighted by Crippen LogP contribution is -2.38. The maximum absolute atomic E-state index is 12.5. The molecule has 4 rings (SSSR count). The summed E-state index contributed by atoms with van der Waals surface area (Å²) in [7, 11) is 0. The highest BCUT2D eigenvalue weighted by molar-refractivity contribution is 6.30. The second-order valence-electron chi connectivity index (χ2n) is 7.72. The van der Waals surface area contributed by atoms with Gasteiger partial charge in [0.25, 0.3) is 5.91 Å². The molecule has 0 atom stereocenters. The van der Waals surface area contributed by atoms with E-state index in [1.54, 1.807) is 17.0 Å². The molecule has 28 heavy (non-hydrogen) atoms. The van der Waals surface area contributed by atoms with Crippen LogP contribution in [0.15, 0.2) is 47.0 Å². The third-order valence-electron chi connectivity index (χ3n) is 4.63. The van der Waals surface area contributed by atoms with Crippen molar-refractivity contribution in [3.05, 3.63) is 58.9 Å². The van der Waals surface area contributed by atoms with Gasteiger partial charge in [0, 0.05) is 10.6 Å². The van der Waals surface area contributed by atoms with Gasteiger partial charge in [0.2, 0.25) is 11.7 Å². The number of aromatic nitrogens is 2. The topological polar surface area (TPSA) is 68.5 Å². The van der Waals surface area contributed by atoms with Crippen LogP contribution in [-0.2, 0) is 16.8 Å². The normalized spacial score (nSPS) is 14.0. The number of hydrogen-bond acceptors (Lipinski definition) is 5. The van der Waals surface area contributed by atoms with Gasteiger partial charge in [-0.2, -0.15) is 4.98 Å². The van der Waals surface area contributed by atoms with Crippen LogP contribution >= 0.6 is 11.6 Å². The van der Waals surface area contributed by atoms with Gasteiger partial charge in [0.15, 0.2) is 6.61 Å². The molecule has 0 saturated carbocycles. The molecule has 1 amide bonds. The highest BCUT2D eigenvalue weighted by Crippen LogP contribution is 2.37. The van der Waals surface area contributed by atoms with E-state index in [0.29, 0.717) is 22.5 Å². The Hall–Kier alpha value is -2.86. The Balaban J connectivity index is 1.64. The van der Waals surface area contributed by atoms with Crippen molar-refractivity contribution >= 4 is 23.2 Å². The molecular weight excluding hydrogens is 378 g/mol. The first-order chi connectivity index (χ1) is 13.3. The first-order valence-electron chi connectivity index (χ1n) is 8.97. The van der Waals surface area contributed by atoms with Crippen LogP contribution in [0.3, 0.4) is 0 Å². The van der Waals surface area contributed by atoms with E-state index in [4.69, 9.17) is 20.9 Å². The van der Waals surface area contributed by atoms with E-state index < -0.39 is 0 Å². The van der Waals surface area contributed by atoms with Crippen molar-refractivity contribution in [1.82, 2.24) is 10.1 Å². The third-order valence-corrected chi connectivity index (χ3v) is 4.88. The van der Waals surface area contributed by atoms with Gasteiger partial charge >= 0.3 is 0 Å². The van der Waals surface area contributed by atoms with Crippen LogP contribution in [0.1, 0.15) is 32.2 Å². The van der Waals surface area contributed by atoms with E-state index in [2.05, 4.69) is 30.9 Å². The Bertz CT molecular complexity index is 1020. The number of carbonyl (C=O) groups excluding carboxylic acids is 1. The molecule has 0 bridgehead atoms. The van der Waals surface area contributed by atoms with Crippen LogP contribution in [0.5, 0.6) is 5.75 Å². The van der Waals surface area contributed by atoms with E-state index in [-0.39, 0.29) is 24.5 Å². The summed E-state index contributed by atoms with van der Waals surface area (Å²) in [6, 6.07) is 13.1. The molecule has 1 aromatic heterocycles. The quantitative estimate of drug-likeness (QED) is 0.645. The van der Waals surface area contributed by atoms with Crippen molar-refractivity contribution in [3.63, 3.8) is 0 Å². The van der Waals surface area contributed by atoms with Gasteiger partial charge in [-0.1, -0.05) is 43.6 Å². The number of amides is 1. The maximum atomic E-state index is 12.5. The average molecular weight is 398 g/mol. The number of fused-ring (bicyclic) bond motifs is 1. The Morgan fingerprint density at radius 1 is 1.14 bits per heavy atom. The standard InChI is InChI=1S/C21H20ClN3O3/c1-21(2,3)14-6-9-17-16(10-14)25(19(26)12-27-17)11-18-23-20(24-28-18)13-4-7-15(22)8-5-13/h4-10H,11-12H2,1-3H3. The summed E-state index contributed by atoms with van der Waals surface area (Å²) in [6.45, 7) is 6.55. The van der Waals surface area contributed by atoms with Gasteiger partial charge in [-0.3, -0.25) is 9.69 Å². The SMILES string of the molecule is CC(C)(C)c1ccc2c(c1)N(Cc1nc(-c3ccc(Cl)cc3)no1)C(=O)CO2. The molecule has 3 aromatic rings. The molecule has 2 heterocycles. The predicted molar refractivity (Wildman–Crippen MR) is 107 cm³/mol. The molecule has 0 saturated heterocycles. The summed E-state index contributed by atoms with van der Waals surface area (Å²) in [5, 5.41) is 4.66. The van der Waals surface area contributed by atoms with Crippen molar-refractivity contribution < 1.29 is 14.1 Å². The highest BCUT2D eigenvalue weighted by Gasteiger charge is 2.29. The number of hydrogen-bond donors (Lipinski definition) is 0. The van der Waals surface area contributed by atoms with Crippen molar-refractivity contribution in [3.8, 4) is 17.1 Å². The fraction of sp³-hybridized carbons (Fsp3) is 0.286. The number of anilines is 1. The van der Waals surface area contributed by atoms with Gasteiger partial charge in [0.05, 0.1) is 5.69 Å². The Morgan fingerprint density at radius 2 is 1.89 bits per heavy atom. The monoisotopic (exact) mass is 397 g/mol. The van der Waals surface area contributed by atoms with Crippen LogP contribution in [0, 0.1) is 0 Å². The van der Waals surface area contributed by atoms with Gasteiger partial charge < -0.3 is 9.26 Å². The minimum absolute atomic E-state index is 0.0138. The van der Waals surface area contributed by atoms with E-state index >= 15 is 0 Å². The average Bonchev–Trinajstić information content (AvgIpc) is 3.12. The zero-order valence-corrected chi connectivity index (χ0v) is 16.7. The minimum Gasteiger partial charge on any atom is -0.482 e. The third kappa shape index (κ3) is 3.60. The summed E-state index contributed by atoms with van der Waals surface area (Å²) in [5.41, 5.74) is 2.58. The van der Waals surface area contributed by atoms with Gasteiger partial charge in [-0.05, 0) is 47.4 Å². The first kappa shape index (κ1) is 18.5. The van der Waals surface area contributed by atoms with E-state index in [9.17, 15) is 4.79 Å². The van der Waals surface area contributed by atoms with Crippen molar-refractivity contribution in [2.24, 2.45) is 0 Å². The lowest BCUT2D eigenvalue weighted by atomic mass is 9.86. The van der Waals surface area contributed by atoms with Crippen LogP contribution in [0.4, 0.5) is 5.69 Å². The molecular formula is C21H20ClN3O3. The van der Waals surface area contributed by atoms with Crippen LogP contribution in [0.25, 0.3) is 11.4 Å². The molecule has 0 radical (unpaired) electrons. The zero-order valence-electron chi connectivity index (χ0n) is 15.9. The summed E-state index contributed by atoms with van der Waals surface area (Å²) in [5.74, 6) is 1.33. The summed E-state index contributed by atoms with van der Waals surface area (Å²) < 4.78 is 11.0. The highest BCUT2D eigenvalue weighted by atomic mass is 35.5. The predicted octanol–water partition coefficient (Wildman–Crippen LogP) is 4.61. The van der Waals surface area contributed by atoms with Gasteiger partial charge in [-0.15, -0.1) is 0 Å². The van der Waals surface area contributed by atoms with E-state index in [0.717, 1.165) is 16.8 Å². The van der Waals surface area contributed by atoms with E-state index in [1.807, 2.05) is 30.3 Å². The molecule has 0 aliphatic carbocycles. The Kier molecular flexibility index (Phi) is 4.59. The second kappa shape index (κ2) is 6.95. The molecule has 1 aliphatic rings. The van der Waals surface area contributed by atoms with Crippen LogP contribution in [-0.4, -0.2) is 22.7 Å². The Labute approximate surface area is 168 Å². The molecule has 144 valence electrons. The van der Waals surface area contributed by atoms with E-state index in [1.165, 1.54) is 0 Å². The summed E-state index contributed by atoms with van der Waals surface area (Å²) in [6.07, 6.45) is 0. The Morgan fingerprint density at radius 3 is 2.61 bits per heavy atom. The number of halogens is 1. The number of benzene rings is 2. The van der Waals surface area contributed by atoms with Crippen molar-refractivity contribution in [2.75, 3.05) is 11.5 Å². The van der Waals surface area contributed by atoms with Crippen LogP contribution in [0.2, 0.25) is 5.02 Å². The molecule has 7 heteroatoms.